The summed E-state index contributed by atoms with van der Waals surface area (Å²) in [6.45, 7) is 4.88. The van der Waals surface area contributed by atoms with Gasteiger partial charge in [0.15, 0.2) is 0 Å². The minimum Gasteiger partial charge on any atom is -0.337 e. The van der Waals surface area contributed by atoms with Gasteiger partial charge in [0, 0.05) is 48.3 Å². The van der Waals surface area contributed by atoms with Crippen LogP contribution in [0, 0.1) is 0 Å². The summed E-state index contributed by atoms with van der Waals surface area (Å²) in [4.78, 5) is 4.33. The molecule has 0 aliphatic heterocycles. The van der Waals surface area contributed by atoms with Crippen molar-refractivity contribution in [3.63, 3.8) is 0 Å². The Morgan fingerprint density at radius 3 is 2.75 bits per heavy atom. The highest BCUT2D eigenvalue weighted by molar-refractivity contribution is 7.84. The Kier molecular flexibility index (Phi) is 5.15. The predicted octanol–water partition coefficient (Wildman–Crippen LogP) is 1.23. The zero-order valence-electron chi connectivity index (χ0n) is 10.4. The van der Waals surface area contributed by atoms with Gasteiger partial charge >= 0.3 is 0 Å². The molecule has 3 unspecified atom stereocenters. The summed E-state index contributed by atoms with van der Waals surface area (Å²) in [5.41, 5.74) is 0. The molecule has 1 aromatic rings. The summed E-state index contributed by atoms with van der Waals surface area (Å²) in [5.74, 6) is 1.04. The van der Waals surface area contributed by atoms with Crippen LogP contribution in [-0.4, -0.2) is 31.8 Å². The largest absolute Gasteiger partial charge is 0.337 e. The average molecular weight is 243 g/mol. The first kappa shape index (κ1) is 13.4. The van der Waals surface area contributed by atoms with Crippen molar-refractivity contribution in [2.75, 3.05) is 12.8 Å². The number of hydrogen-bond acceptors (Lipinski definition) is 3. The highest BCUT2D eigenvalue weighted by Crippen LogP contribution is 2.13. The number of nitrogens with zero attached hydrogens (tertiary/aromatic N) is 2. The van der Waals surface area contributed by atoms with Crippen LogP contribution in [0.1, 0.15) is 32.1 Å². The molecule has 0 aliphatic carbocycles. The van der Waals surface area contributed by atoms with Crippen molar-refractivity contribution in [2.24, 2.45) is 7.05 Å². The molecule has 0 radical (unpaired) electrons. The summed E-state index contributed by atoms with van der Waals surface area (Å²) in [7, 11) is 1.22. The zero-order valence-corrected chi connectivity index (χ0v) is 11.3. The van der Waals surface area contributed by atoms with Crippen molar-refractivity contribution in [3.8, 4) is 0 Å². The summed E-state index contributed by atoms with van der Waals surface area (Å²) in [5, 5.41) is 3.59. The molecular formula is C11H21N3OS. The van der Waals surface area contributed by atoms with E-state index in [2.05, 4.69) is 17.2 Å². The minimum absolute atomic E-state index is 0.175. The monoisotopic (exact) mass is 243 g/mol. The first-order valence-corrected chi connectivity index (χ1v) is 7.21. The lowest BCUT2D eigenvalue weighted by atomic mass is 10.2. The van der Waals surface area contributed by atoms with E-state index in [4.69, 9.17) is 0 Å². The van der Waals surface area contributed by atoms with Crippen LogP contribution in [0.2, 0.25) is 0 Å². The Hall–Kier alpha value is -0.680. The zero-order chi connectivity index (χ0) is 12.1. The molecule has 5 heteroatoms. The molecule has 1 aromatic heterocycles. The predicted molar refractivity (Wildman–Crippen MR) is 67.8 cm³/mol. The van der Waals surface area contributed by atoms with Crippen LogP contribution in [0.15, 0.2) is 12.4 Å². The number of aryl methyl sites for hydroxylation is 1. The van der Waals surface area contributed by atoms with Crippen LogP contribution in [-0.2, 0) is 17.8 Å². The normalized spacial score (nSPS) is 17.0. The van der Waals surface area contributed by atoms with Crippen molar-refractivity contribution in [1.82, 2.24) is 14.9 Å². The molecule has 1 heterocycles. The van der Waals surface area contributed by atoms with E-state index in [9.17, 15) is 4.21 Å². The van der Waals surface area contributed by atoms with Gasteiger partial charge in [-0.1, -0.05) is 6.92 Å². The summed E-state index contributed by atoms with van der Waals surface area (Å²) in [6.07, 6.45) is 6.48. The van der Waals surface area contributed by atoms with E-state index in [0.717, 1.165) is 18.8 Å². The van der Waals surface area contributed by atoms with Crippen molar-refractivity contribution in [1.29, 1.82) is 0 Å². The lowest BCUT2D eigenvalue weighted by Crippen LogP contribution is -2.32. The molecule has 0 aromatic carbocycles. The Morgan fingerprint density at radius 2 is 2.31 bits per heavy atom. The Morgan fingerprint density at radius 1 is 1.62 bits per heavy atom. The Balaban J connectivity index is 2.57. The molecule has 3 atom stereocenters. The van der Waals surface area contributed by atoms with E-state index < -0.39 is 10.8 Å². The number of aromatic nitrogens is 2. The van der Waals surface area contributed by atoms with E-state index >= 15 is 0 Å². The topological polar surface area (TPSA) is 46.9 Å². The number of imidazole rings is 1. The van der Waals surface area contributed by atoms with Gasteiger partial charge in [-0.05, 0) is 13.3 Å². The molecule has 1 rings (SSSR count). The van der Waals surface area contributed by atoms with Gasteiger partial charge in [0.25, 0.3) is 0 Å². The van der Waals surface area contributed by atoms with Crippen LogP contribution < -0.4 is 5.32 Å². The van der Waals surface area contributed by atoms with E-state index in [1.807, 2.05) is 24.7 Å². The van der Waals surface area contributed by atoms with Gasteiger partial charge < -0.3 is 9.88 Å². The molecule has 0 amide bonds. The molecule has 0 fully saturated rings. The highest BCUT2D eigenvalue weighted by Gasteiger charge is 2.15. The Bertz CT molecular complexity index is 351. The second-order valence-electron chi connectivity index (χ2n) is 4.07. The number of nitrogens with one attached hydrogen (secondary N) is 1. The van der Waals surface area contributed by atoms with Crippen LogP contribution >= 0.6 is 0 Å². The summed E-state index contributed by atoms with van der Waals surface area (Å²) < 4.78 is 13.3. The lowest BCUT2D eigenvalue weighted by molar-refractivity contribution is 0.482. The van der Waals surface area contributed by atoms with E-state index in [-0.39, 0.29) is 11.3 Å². The van der Waals surface area contributed by atoms with E-state index in [0.29, 0.717) is 0 Å². The van der Waals surface area contributed by atoms with Crippen molar-refractivity contribution in [3.05, 3.63) is 18.2 Å². The van der Waals surface area contributed by atoms with Gasteiger partial charge in [-0.3, -0.25) is 4.21 Å². The van der Waals surface area contributed by atoms with Crippen molar-refractivity contribution in [2.45, 2.75) is 31.6 Å². The third-order valence-corrected chi connectivity index (χ3v) is 4.10. The van der Waals surface area contributed by atoms with Gasteiger partial charge in [-0.15, -0.1) is 0 Å². The second kappa shape index (κ2) is 6.15. The Labute approximate surface area is 99.9 Å². The standard InChI is InChI=1S/C11H21N3OS/c1-5-10(11-12-6-7-14(11)3)13-8-9(2)16(4)15/h6-7,9-10,13H,5,8H2,1-4H3. The van der Waals surface area contributed by atoms with Gasteiger partial charge in [0.2, 0.25) is 0 Å². The maximum atomic E-state index is 11.2. The fourth-order valence-electron chi connectivity index (χ4n) is 1.56. The van der Waals surface area contributed by atoms with Crippen LogP contribution in [0.3, 0.4) is 0 Å². The van der Waals surface area contributed by atoms with Gasteiger partial charge in [0.05, 0.1) is 6.04 Å². The van der Waals surface area contributed by atoms with Crippen LogP contribution in [0.25, 0.3) is 0 Å². The SMILES string of the molecule is CCC(NCC(C)S(C)=O)c1nccn1C. The highest BCUT2D eigenvalue weighted by atomic mass is 32.2. The first-order valence-electron chi connectivity index (χ1n) is 5.59. The molecule has 92 valence electrons. The summed E-state index contributed by atoms with van der Waals surface area (Å²) in [6, 6.07) is 0.242. The molecule has 1 N–H and O–H groups in total. The smallest absolute Gasteiger partial charge is 0.125 e. The number of hydrogen-bond donors (Lipinski definition) is 1. The third-order valence-electron chi connectivity index (χ3n) is 2.80. The fraction of sp³-hybridized carbons (Fsp3) is 0.727. The van der Waals surface area contributed by atoms with Crippen LogP contribution in [0.5, 0.6) is 0 Å². The summed E-state index contributed by atoms with van der Waals surface area (Å²) >= 11 is 0. The first-order chi connectivity index (χ1) is 7.56. The van der Waals surface area contributed by atoms with Gasteiger partial charge in [0.1, 0.15) is 5.82 Å². The van der Waals surface area contributed by atoms with Gasteiger partial charge in [-0.2, -0.15) is 0 Å². The molecule has 0 aliphatic rings. The molecule has 4 nitrogen and oxygen atoms in total. The maximum absolute atomic E-state index is 11.2. The number of rotatable bonds is 6. The second-order valence-corrected chi connectivity index (χ2v) is 5.88. The molecule has 0 spiro atoms. The lowest BCUT2D eigenvalue weighted by Gasteiger charge is -2.18. The minimum atomic E-state index is -0.771. The van der Waals surface area contributed by atoms with Crippen molar-refractivity contribution >= 4 is 10.8 Å². The quantitative estimate of drug-likeness (QED) is 0.817. The molecule has 0 bridgehead atoms. The van der Waals surface area contributed by atoms with Crippen molar-refractivity contribution < 1.29 is 4.21 Å². The third kappa shape index (κ3) is 3.42. The molecule has 16 heavy (non-hydrogen) atoms. The van der Waals surface area contributed by atoms with Crippen LogP contribution in [0.4, 0.5) is 0 Å². The molecular weight excluding hydrogens is 222 g/mol. The molecule has 0 saturated carbocycles. The maximum Gasteiger partial charge on any atom is 0.125 e. The van der Waals surface area contributed by atoms with Gasteiger partial charge in [-0.25, -0.2) is 4.98 Å². The fourth-order valence-corrected chi connectivity index (χ4v) is 1.89. The average Bonchev–Trinajstić information content (AvgIpc) is 2.65. The van der Waals surface area contributed by atoms with E-state index in [1.54, 1.807) is 12.5 Å². The molecule has 0 saturated heterocycles. The van der Waals surface area contributed by atoms with E-state index in [1.165, 1.54) is 0 Å².